The van der Waals surface area contributed by atoms with Crippen molar-refractivity contribution in [3.63, 3.8) is 0 Å². The zero-order chi connectivity index (χ0) is 27.0. The minimum atomic E-state index is -1.41. The van der Waals surface area contributed by atoms with Gasteiger partial charge in [-0.1, -0.05) is 11.6 Å². The van der Waals surface area contributed by atoms with Gasteiger partial charge in [0, 0.05) is 36.5 Å². The molecule has 1 aliphatic heterocycles. The van der Waals surface area contributed by atoms with E-state index in [4.69, 9.17) is 9.97 Å². The number of benzene rings is 1. The van der Waals surface area contributed by atoms with Crippen molar-refractivity contribution in [1.82, 2.24) is 24.7 Å². The Bertz CT molecular complexity index is 1500. The van der Waals surface area contributed by atoms with Crippen LogP contribution in [-0.2, 0) is 6.80 Å². The summed E-state index contributed by atoms with van der Waals surface area (Å²) in [7, 11) is 0. The molecule has 38 heavy (non-hydrogen) atoms. The molecule has 1 atom stereocenters. The molecule has 11 heteroatoms. The number of hydrogen-bond acceptors (Lipinski definition) is 7. The van der Waals surface area contributed by atoms with Crippen LogP contribution in [0.15, 0.2) is 48.4 Å². The van der Waals surface area contributed by atoms with Crippen molar-refractivity contribution >= 4 is 22.9 Å². The van der Waals surface area contributed by atoms with Gasteiger partial charge in [-0.05, 0) is 44.9 Å². The third kappa shape index (κ3) is 5.25. The molecule has 8 nitrogen and oxygen atoms in total. The molecule has 1 aromatic carbocycles. The lowest BCUT2D eigenvalue weighted by Gasteiger charge is -2.31. The normalized spacial score (nSPS) is 15.2. The van der Waals surface area contributed by atoms with Crippen molar-refractivity contribution in [2.75, 3.05) is 18.0 Å². The molecule has 0 bridgehead atoms. The minimum absolute atomic E-state index is 0.258. The second-order valence-corrected chi connectivity index (χ2v) is 9.89. The number of aliphatic hydroxyl groups is 2. The molecule has 0 saturated carbocycles. The second-order valence-electron chi connectivity index (χ2n) is 9.89. The molecule has 3 aromatic heterocycles. The Hall–Kier alpha value is -3.83. The lowest BCUT2D eigenvalue weighted by Crippen LogP contribution is -2.32. The van der Waals surface area contributed by atoms with Gasteiger partial charge in [0.05, 0.1) is 29.2 Å². The summed E-state index contributed by atoms with van der Waals surface area (Å²) in [5.74, 6) is -0.672. The summed E-state index contributed by atoms with van der Waals surface area (Å²) in [5.41, 5.74) is 2.24. The van der Waals surface area contributed by atoms with Crippen molar-refractivity contribution in [3.05, 3.63) is 71.3 Å². The van der Waals surface area contributed by atoms with Crippen LogP contribution in [-0.4, -0.2) is 53.6 Å². The van der Waals surface area contributed by atoms with Crippen LogP contribution in [0, 0.1) is 11.6 Å². The first-order valence-corrected chi connectivity index (χ1v) is 12.2. The molecule has 0 spiro atoms. The molecule has 0 unspecified atom stereocenters. The first-order chi connectivity index (χ1) is 18.1. The number of aromatic nitrogens is 5. The SMILES string of the molecule is CC(C)(O)[C@H](O)c1cc2nc(N3CCC(=Cc4ccc(F)cc4F)CC3)c(-c3cnn(CF)c3)nc2cn1. The fourth-order valence-corrected chi connectivity index (χ4v) is 4.43. The fourth-order valence-electron chi connectivity index (χ4n) is 4.43. The van der Waals surface area contributed by atoms with Crippen LogP contribution in [0.3, 0.4) is 0 Å². The van der Waals surface area contributed by atoms with Crippen LogP contribution in [0.25, 0.3) is 28.4 Å². The third-order valence-corrected chi connectivity index (χ3v) is 6.56. The maximum absolute atomic E-state index is 14.1. The molecule has 198 valence electrons. The lowest BCUT2D eigenvalue weighted by molar-refractivity contribution is -0.0516. The standard InChI is InChI=1S/C27H27F3N6O2/c1-27(2,38)25(37)22-11-21-23(13-31-22)33-24(18-12-32-36(14-18)15-28)26(34-21)35-7-5-16(6-8-35)9-17-3-4-19(29)10-20(17)30/h3-4,9-14,25,37-38H,5-8,15H2,1-2H3/t25-/m1/s1. The van der Waals surface area contributed by atoms with Gasteiger partial charge in [0.1, 0.15) is 28.9 Å². The molecule has 1 fully saturated rings. The van der Waals surface area contributed by atoms with E-state index < -0.39 is 30.1 Å². The second kappa shape index (κ2) is 10.1. The molecule has 4 aromatic rings. The van der Waals surface area contributed by atoms with E-state index in [1.54, 1.807) is 18.3 Å². The Balaban J connectivity index is 1.50. The van der Waals surface area contributed by atoms with Gasteiger partial charge in [-0.3, -0.25) is 4.98 Å². The van der Waals surface area contributed by atoms with Gasteiger partial charge in [-0.25, -0.2) is 27.8 Å². The van der Waals surface area contributed by atoms with Crippen LogP contribution in [0.1, 0.15) is 44.1 Å². The van der Waals surface area contributed by atoms with Crippen LogP contribution in [0.2, 0.25) is 0 Å². The van der Waals surface area contributed by atoms with E-state index in [0.717, 1.165) is 16.3 Å². The average molecular weight is 525 g/mol. The largest absolute Gasteiger partial charge is 0.387 e. The van der Waals surface area contributed by atoms with Gasteiger partial charge in [0.25, 0.3) is 0 Å². The predicted molar refractivity (Wildman–Crippen MR) is 137 cm³/mol. The summed E-state index contributed by atoms with van der Waals surface area (Å²) >= 11 is 0. The molecule has 4 heterocycles. The van der Waals surface area contributed by atoms with Crippen molar-refractivity contribution in [2.24, 2.45) is 0 Å². The molecule has 1 aliphatic rings. The molecule has 2 N–H and O–H groups in total. The number of aliphatic hydroxyl groups excluding tert-OH is 1. The van der Waals surface area contributed by atoms with Crippen LogP contribution in [0.4, 0.5) is 19.0 Å². The highest BCUT2D eigenvalue weighted by molar-refractivity contribution is 5.83. The van der Waals surface area contributed by atoms with Crippen LogP contribution in [0.5, 0.6) is 0 Å². The fraction of sp³-hybridized carbons (Fsp3) is 0.333. The van der Waals surface area contributed by atoms with E-state index in [2.05, 4.69) is 10.1 Å². The van der Waals surface area contributed by atoms with E-state index >= 15 is 0 Å². The van der Waals surface area contributed by atoms with E-state index in [-0.39, 0.29) is 5.69 Å². The first kappa shape index (κ1) is 25.8. The van der Waals surface area contributed by atoms with E-state index in [1.807, 2.05) is 4.90 Å². The third-order valence-electron chi connectivity index (χ3n) is 6.56. The minimum Gasteiger partial charge on any atom is -0.387 e. The lowest BCUT2D eigenvalue weighted by atomic mass is 9.98. The van der Waals surface area contributed by atoms with Crippen molar-refractivity contribution in [3.8, 4) is 11.3 Å². The van der Waals surface area contributed by atoms with Gasteiger partial charge in [0.15, 0.2) is 12.6 Å². The summed E-state index contributed by atoms with van der Waals surface area (Å²) in [4.78, 5) is 15.9. The zero-order valence-corrected chi connectivity index (χ0v) is 20.9. The van der Waals surface area contributed by atoms with E-state index in [9.17, 15) is 23.4 Å². The zero-order valence-electron chi connectivity index (χ0n) is 20.9. The Labute approximate surface area is 217 Å². The van der Waals surface area contributed by atoms with Gasteiger partial charge in [-0.15, -0.1) is 0 Å². The summed E-state index contributed by atoms with van der Waals surface area (Å²) in [6, 6.07) is 5.12. The molecule has 1 saturated heterocycles. The summed E-state index contributed by atoms with van der Waals surface area (Å²) in [6.45, 7) is 3.31. The molecule has 0 radical (unpaired) electrons. The Morgan fingerprint density at radius 2 is 1.84 bits per heavy atom. The summed E-state index contributed by atoms with van der Waals surface area (Å²) in [5, 5.41) is 24.8. The van der Waals surface area contributed by atoms with Crippen molar-refractivity contribution < 1.29 is 23.4 Å². The number of halogens is 3. The van der Waals surface area contributed by atoms with Crippen molar-refractivity contribution in [1.29, 1.82) is 0 Å². The number of hydrogen-bond donors (Lipinski definition) is 2. The van der Waals surface area contributed by atoms with E-state index in [0.29, 0.717) is 59.6 Å². The van der Waals surface area contributed by atoms with Gasteiger partial charge >= 0.3 is 0 Å². The Morgan fingerprint density at radius 3 is 2.50 bits per heavy atom. The van der Waals surface area contributed by atoms with Gasteiger partial charge in [0.2, 0.25) is 0 Å². The highest BCUT2D eigenvalue weighted by atomic mass is 19.1. The summed E-state index contributed by atoms with van der Waals surface area (Å²) in [6.07, 6.45) is 6.32. The quantitative estimate of drug-likeness (QED) is 0.381. The number of anilines is 1. The Kier molecular flexibility index (Phi) is 6.89. The number of pyridine rings is 1. The number of alkyl halides is 1. The van der Waals surface area contributed by atoms with Gasteiger partial charge in [-0.2, -0.15) is 5.10 Å². The number of nitrogens with zero attached hydrogens (tertiary/aromatic N) is 6. The molecule has 0 amide bonds. The average Bonchev–Trinajstić information content (AvgIpc) is 3.38. The Morgan fingerprint density at radius 1 is 1.08 bits per heavy atom. The topological polar surface area (TPSA) is 100 Å². The maximum atomic E-state index is 14.1. The first-order valence-electron chi connectivity index (χ1n) is 12.2. The number of fused-ring (bicyclic) bond motifs is 1. The van der Waals surface area contributed by atoms with E-state index in [1.165, 1.54) is 38.4 Å². The number of rotatable bonds is 6. The highest BCUT2D eigenvalue weighted by Gasteiger charge is 2.28. The highest BCUT2D eigenvalue weighted by Crippen LogP contribution is 2.34. The summed E-state index contributed by atoms with van der Waals surface area (Å²) < 4.78 is 41.8. The number of piperidine rings is 1. The van der Waals surface area contributed by atoms with Crippen molar-refractivity contribution in [2.45, 2.75) is 45.2 Å². The van der Waals surface area contributed by atoms with Crippen LogP contribution >= 0.6 is 0 Å². The smallest absolute Gasteiger partial charge is 0.181 e. The molecular weight excluding hydrogens is 497 g/mol. The monoisotopic (exact) mass is 524 g/mol. The molecule has 5 rings (SSSR count). The molecular formula is C27H27F3N6O2. The predicted octanol–water partition coefficient (Wildman–Crippen LogP) is 4.58. The van der Waals surface area contributed by atoms with Crippen LogP contribution < -0.4 is 4.90 Å². The van der Waals surface area contributed by atoms with Gasteiger partial charge < -0.3 is 15.1 Å². The maximum Gasteiger partial charge on any atom is 0.181 e. The molecule has 0 aliphatic carbocycles.